The van der Waals surface area contributed by atoms with Gasteiger partial charge < -0.3 is 9.73 Å². The Bertz CT molecular complexity index is 1220. The predicted molar refractivity (Wildman–Crippen MR) is 115 cm³/mol. The van der Waals surface area contributed by atoms with Crippen molar-refractivity contribution in [2.24, 2.45) is 0 Å². The van der Waals surface area contributed by atoms with Crippen molar-refractivity contribution in [1.29, 1.82) is 0 Å². The molecule has 1 heterocycles. The fourth-order valence-electron chi connectivity index (χ4n) is 2.72. The number of furan rings is 1. The van der Waals surface area contributed by atoms with Crippen LogP contribution in [0, 0.1) is 17.0 Å². The Morgan fingerprint density at radius 3 is 2.52 bits per heavy atom. The van der Waals surface area contributed by atoms with Crippen molar-refractivity contribution in [3.05, 3.63) is 93.9 Å². The topological polar surface area (TPSA) is 132 Å². The van der Waals surface area contributed by atoms with E-state index in [4.69, 9.17) is 4.42 Å². The van der Waals surface area contributed by atoms with Gasteiger partial charge in [-0.1, -0.05) is 18.2 Å². The highest BCUT2D eigenvalue weighted by Gasteiger charge is 2.15. The van der Waals surface area contributed by atoms with E-state index < -0.39 is 20.9 Å². The smallest absolute Gasteiger partial charge is 0.274 e. The zero-order valence-corrected chi connectivity index (χ0v) is 17.3. The summed E-state index contributed by atoms with van der Waals surface area (Å²) in [5.74, 6) is 0.0218. The number of carbonyl (C=O) groups excluding carboxylic acids is 1. The van der Waals surface area contributed by atoms with Crippen LogP contribution in [-0.2, 0) is 21.4 Å². The van der Waals surface area contributed by atoms with Crippen molar-refractivity contribution < 1.29 is 22.6 Å². The lowest BCUT2D eigenvalue weighted by Crippen LogP contribution is -2.22. The van der Waals surface area contributed by atoms with Gasteiger partial charge in [-0.05, 0) is 48.9 Å². The number of amides is 1. The van der Waals surface area contributed by atoms with E-state index in [1.54, 1.807) is 37.3 Å². The molecular formula is C21H19N3O6S. The average Bonchev–Trinajstić information content (AvgIpc) is 3.26. The summed E-state index contributed by atoms with van der Waals surface area (Å²) in [6.07, 6.45) is 4.23. The Morgan fingerprint density at radius 2 is 1.87 bits per heavy atom. The molecule has 0 aliphatic heterocycles. The first-order chi connectivity index (χ1) is 14.8. The Balaban J connectivity index is 1.63. The average molecular weight is 441 g/mol. The largest absolute Gasteiger partial charge is 0.468 e. The Labute approximate surface area is 178 Å². The second kappa shape index (κ2) is 9.37. The maximum Gasteiger partial charge on any atom is 0.274 e. The van der Waals surface area contributed by atoms with E-state index in [-0.39, 0.29) is 17.1 Å². The molecule has 0 unspecified atom stereocenters. The normalized spacial score (nSPS) is 11.5. The fraction of sp³-hybridized carbons (Fsp3) is 0.0952. The first-order valence-corrected chi connectivity index (χ1v) is 10.6. The Morgan fingerprint density at radius 1 is 1.13 bits per heavy atom. The number of hydrogen-bond donors (Lipinski definition) is 2. The predicted octanol–water partition coefficient (Wildman–Crippen LogP) is 3.63. The summed E-state index contributed by atoms with van der Waals surface area (Å²) in [6, 6.07) is 13.7. The Kier molecular flexibility index (Phi) is 6.63. The summed E-state index contributed by atoms with van der Waals surface area (Å²) < 4.78 is 32.2. The molecule has 0 aliphatic rings. The van der Waals surface area contributed by atoms with E-state index in [0.29, 0.717) is 22.6 Å². The van der Waals surface area contributed by atoms with E-state index in [9.17, 15) is 23.3 Å². The van der Waals surface area contributed by atoms with Crippen LogP contribution in [0.4, 0.5) is 11.4 Å². The molecule has 0 fully saturated rings. The Hall–Kier alpha value is -3.76. The molecule has 0 saturated carbocycles. The van der Waals surface area contributed by atoms with Gasteiger partial charge in [0.1, 0.15) is 5.76 Å². The molecule has 2 N–H and O–H groups in total. The van der Waals surface area contributed by atoms with Gasteiger partial charge in [-0.2, -0.15) is 0 Å². The molecule has 0 radical (unpaired) electrons. The minimum absolute atomic E-state index is 0.0359. The monoisotopic (exact) mass is 441 g/mol. The van der Waals surface area contributed by atoms with Crippen molar-refractivity contribution in [3.8, 4) is 0 Å². The summed E-state index contributed by atoms with van der Waals surface area (Å²) in [5, 5.41) is 13.6. The highest BCUT2D eigenvalue weighted by atomic mass is 32.2. The lowest BCUT2D eigenvalue weighted by atomic mass is 10.1. The number of hydrogen-bond acceptors (Lipinski definition) is 6. The molecular weight excluding hydrogens is 422 g/mol. The summed E-state index contributed by atoms with van der Waals surface area (Å²) in [6.45, 7) is 1.59. The van der Waals surface area contributed by atoms with Crippen LogP contribution >= 0.6 is 0 Å². The molecule has 1 aromatic heterocycles. The molecule has 0 atom stereocenters. The fourth-order valence-corrected chi connectivity index (χ4v) is 3.72. The lowest BCUT2D eigenvalue weighted by molar-refractivity contribution is -0.385. The van der Waals surface area contributed by atoms with Gasteiger partial charge in [0.15, 0.2) is 0 Å². The third-order valence-corrected chi connectivity index (χ3v) is 5.81. The molecule has 160 valence electrons. The lowest BCUT2D eigenvalue weighted by Gasteiger charge is -2.07. The van der Waals surface area contributed by atoms with Crippen LogP contribution < -0.4 is 10.0 Å². The molecule has 0 spiro atoms. The van der Waals surface area contributed by atoms with Gasteiger partial charge >= 0.3 is 0 Å². The summed E-state index contributed by atoms with van der Waals surface area (Å²) in [4.78, 5) is 22.7. The second-order valence-corrected chi connectivity index (χ2v) is 8.27. The van der Waals surface area contributed by atoms with Crippen LogP contribution in [0.15, 0.2) is 76.2 Å². The number of nitrogens with one attached hydrogen (secondary N) is 2. The summed E-state index contributed by atoms with van der Waals surface area (Å²) in [7, 11) is -3.71. The number of nitro groups is 1. The van der Waals surface area contributed by atoms with E-state index in [1.165, 1.54) is 42.7 Å². The number of sulfonamides is 1. The molecule has 9 nitrogen and oxygen atoms in total. The highest BCUT2D eigenvalue weighted by Crippen LogP contribution is 2.25. The molecule has 0 aliphatic carbocycles. The second-order valence-electron chi connectivity index (χ2n) is 6.50. The van der Waals surface area contributed by atoms with Gasteiger partial charge in [-0.15, -0.1) is 0 Å². The molecule has 2 aromatic carbocycles. The maximum absolute atomic E-state index is 12.3. The van der Waals surface area contributed by atoms with Crippen LogP contribution in [0.1, 0.15) is 16.9 Å². The number of benzene rings is 2. The van der Waals surface area contributed by atoms with Gasteiger partial charge in [-0.3, -0.25) is 14.9 Å². The zero-order chi connectivity index (χ0) is 22.4. The molecule has 10 heteroatoms. The standard InChI is InChI=1S/C21H19N3O6S/c1-15-19(5-2-6-20(15)24(26)27)23-21(25)12-9-16-7-10-18(11-8-16)31(28,29)22-14-17-4-3-13-30-17/h2-13,22H,14H2,1H3,(H,23,25)/b12-9+. The molecule has 31 heavy (non-hydrogen) atoms. The van der Waals surface area contributed by atoms with Crippen LogP contribution in [0.3, 0.4) is 0 Å². The van der Waals surface area contributed by atoms with E-state index >= 15 is 0 Å². The van der Waals surface area contributed by atoms with Crippen LogP contribution in [-0.4, -0.2) is 19.2 Å². The number of nitro benzene ring substituents is 1. The van der Waals surface area contributed by atoms with Gasteiger partial charge in [0.2, 0.25) is 15.9 Å². The number of carbonyl (C=O) groups is 1. The minimum Gasteiger partial charge on any atom is -0.468 e. The van der Waals surface area contributed by atoms with Crippen molar-refractivity contribution in [1.82, 2.24) is 4.72 Å². The first kappa shape index (κ1) is 21.9. The molecule has 3 aromatic rings. The van der Waals surface area contributed by atoms with Gasteiger partial charge in [0.05, 0.1) is 33.9 Å². The highest BCUT2D eigenvalue weighted by molar-refractivity contribution is 7.89. The molecule has 0 bridgehead atoms. The van der Waals surface area contributed by atoms with Crippen LogP contribution in [0.2, 0.25) is 0 Å². The third-order valence-electron chi connectivity index (χ3n) is 4.39. The summed E-state index contributed by atoms with van der Waals surface area (Å²) >= 11 is 0. The molecule has 3 rings (SSSR count). The first-order valence-electron chi connectivity index (χ1n) is 9.11. The van der Waals surface area contributed by atoms with Crippen molar-refractivity contribution in [2.75, 3.05) is 5.32 Å². The summed E-state index contributed by atoms with van der Waals surface area (Å²) in [5.41, 5.74) is 1.22. The maximum atomic E-state index is 12.3. The number of nitrogens with zero attached hydrogens (tertiary/aromatic N) is 1. The minimum atomic E-state index is -3.71. The quantitative estimate of drug-likeness (QED) is 0.312. The van der Waals surface area contributed by atoms with Crippen molar-refractivity contribution in [2.45, 2.75) is 18.4 Å². The third kappa shape index (κ3) is 5.65. The number of anilines is 1. The van der Waals surface area contributed by atoms with Crippen molar-refractivity contribution in [3.63, 3.8) is 0 Å². The van der Waals surface area contributed by atoms with E-state index in [2.05, 4.69) is 10.0 Å². The molecule has 1 amide bonds. The molecule has 0 saturated heterocycles. The van der Waals surface area contributed by atoms with Gasteiger partial charge in [0, 0.05) is 12.1 Å². The van der Waals surface area contributed by atoms with Gasteiger partial charge in [-0.25, -0.2) is 13.1 Å². The zero-order valence-electron chi connectivity index (χ0n) is 16.4. The SMILES string of the molecule is Cc1c(NC(=O)/C=C/c2ccc(S(=O)(=O)NCc3ccco3)cc2)cccc1[N+](=O)[O-]. The van der Waals surface area contributed by atoms with Crippen LogP contribution in [0.25, 0.3) is 6.08 Å². The van der Waals surface area contributed by atoms with E-state index in [0.717, 1.165) is 0 Å². The van der Waals surface area contributed by atoms with Gasteiger partial charge in [0.25, 0.3) is 5.69 Å². The van der Waals surface area contributed by atoms with E-state index in [1.807, 2.05) is 0 Å². The number of rotatable bonds is 8. The van der Waals surface area contributed by atoms with Crippen molar-refractivity contribution >= 4 is 33.4 Å². The van der Waals surface area contributed by atoms with Crippen LogP contribution in [0.5, 0.6) is 0 Å².